The first-order chi connectivity index (χ1) is 6.84. The molecule has 0 aromatic heterocycles. The van der Waals surface area contributed by atoms with Gasteiger partial charge in [-0.2, -0.15) is 0 Å². The first-order valence-corrected chi connectivity index (χ1v) is 5.57. The summed E-state index contributed by atoms with van der Waals surface area (Å²) in [6, 6.07) is 19.2. The summed E-state index contributed by atoms with van der Waals surface area (Å²) in [6.45, 7) is 2.13. The second-order valence-corrected chi connectivity index (χ2v) is 4.54. The summed E-state index contributed by atoms with van der Waals surface area (Å²) < 4.78 is 0. The molecule has 0 spiro atoms. The normalized spacial score (nSPS) is 10.1. The second-order valence-electron chi connectivity index (χ2n) is 3.29. The fourth-order valence-corrected chi connectivity index (χ4v) is 2.40. The van der Waals surface area contributed by atoms with Crippen LogP contribution in [0.1, 0.15) is 5.56 Å². The van der Waals surface area contributed by atoms with Gasteiger partial charge in [0.25, 0.3) is 0 Å². The Balaban J connectivity index is 2.19. The van der Waals surface area contributed by atoms with Crippen molar-refractivity contribution in [2.24, 2.45) is 0 Å². The molecular formula is C13H13S+. The highest BCUT2D eigenvalue weighted by molar-refractivity contribution is 7.78. The van der Waals surface area contributed by atoms with Crippen molar-refractivity contribution in [2.75, 3.05) is 0 Å². The van der Waals surface area contributed by atoms with Crippen LogP contribution in [0.4, 0.5) is 0 Å². The second kappa shape index (κ2) is 4.34. The van der Waals surface area contributed by atoms with Gasteiger partial charge in [0.2, 0.25) is 0 Å². The third-order valence-electron chi connectivity index (χ3n) is 2.02. The molecule has 2 rings (SSSR count). The number of rotatable bonds is 2. The van der Waals surface area contributed by atoms with Crippen molar-refractivity contribution in [1.82, 2.24) is 0 Å². The number of benzene rings is 2. The van der Waals surface area contributed by atoms with Crippen LogP contribution in [-0.4, -0.2) is 0 Å². The quantitative estimate of drug-likeness (QED) is 0.517. The Morgan fingerprint density at radius 2 is 1.50 bits per heavy atom. The predicted molar refractivity (Wildman–Crippen MR) is 62.9 cm³/mol. The highest BCUT2D eigenvalue weighted by Crippen LogP contribution is 2.12. The zero-order valence-corrected chi connectivity index (χ0v) is 9.04. The molecule has 14 heavy (non-hydrogen) atoms. The van der Waals surface area contributed by atoms with Gasteiger partial charge in [0, 0.05) is 11.8 Å². The zero-order valence-electron chi connectivity index (χ0n) is 8.14. The van der Waals surface area contributed by atoms with Crippen LogP contribution in [0.2, 0.25) is 0 Å². The van der Waals surface area contributed by atoms with Crippen LogP contribution in [-0.2, 0) is 11.8 Å². The topological polar surface area (TPSA) is 0 Å². The van der Waals surface area contributed by atoms with E-state index in [4.69, 9.17) is 0 Å². The molecule has 2 aromatic rings. The molecule has 0 fully saturated rings. The van der Waals surface area contributed by atoms with Crippen molar-refractivity contribution in [2.45, 2.75) is 16.7 Å². The van der Waals surface area contributed by atoms with Gasteiger partial charge in [0.05, 0.1) is 0 Å². The minimum atomic E-state index is 1.29. The Morgan fingerprint density at radius 1 is 0.786 bits per heavy atom. The van der Waals surface area contributed by atoms with Crippen molar-refractivity contribution >= 4 is 11.8 Å². The van der Waals surface area contributed by atoms with Crippen LogP contribution in [0.25, 0.3) is 0 Å². The van der Waals surface area contributed by atoms with E-state index in [-0.39, 0.29) is 0 Å². The van der Waals surface area contributed by atoms with Crippen molar-refractivity contribution in [1.29, 1.82) is 0 Å². The van der Waals surface area contributed by atoms with Crippen LogP contribution in [0.5, 0.6) is 0 Å². The van der Waals surface area contributed by atoms with E-state index in [1.807, 2.05) is 0 Å². The average Bonchev–Trinajstić information content (AvgIpc) is 2.19. The van der Waals surface area contributed by atoms with Crippen molar-refractivity contribution in [3.8, 4) is 0 Å². The van der Waals surface area contributed by atoms with Gasteiger partial charge in [-0.3, -0.25) is 0 Å². The van der Waals surface area contributed by atoms with E-state index < -0.39 is 0 Å². The van der Waals surface area contributed by atoms with Gasteiger partial charge in [-0.25, -0.2) is 0 Å². The Morgan fingerprint density at radius 3 is 2.21 bits per heavy atom. The molecule has 0 saturated carbocycles. The molecule has 0 radical (unpaired) electrons. The third-order valence-corrected chi connectivity index (χ3v) is 3.11. The van der Waals surface area contributed by atoms with Crippen molar-refractivity contribution in [3.05, 3.63) is 60.2 Å². The lowest BCUT2D eigenvalue weighted by molar-refractivity contribution is 1.34. The summed E-state index contributed by atoms with van der Waals surface area (Å²) in [5.41, 5.74) is 1.32. The van der Waals surface area contributed by atoms with E-state index >= 15 is 0 Å². The molecule has 0 heterocycles. The summed E-state index contributed by atoms with van der Waals surface area (Å²) >= 11 is 1.29. The van der Waals surface area contributed by atoms with Crippen molar-refractivity contribution < 1.29 is 0 Å². The molecular weight excluding hydrogens is 188 g/mol. The lowest BCUT2D eigenvalue weighted by Crippen LogP contribution is -1.84. The number of hydrogen-bond acceptors (Lipinski definition) is 0. The highest BCUT2D eigenvalue weighted by atomic mass is 32.2. The average molecular weight is 201 g/mol. The van der Waals surface area contributed by atoms with E-state index in [1.165, 1.54) is 27.1 Å². The summed E-state index contributed by atoms with van der Waals surface area (Å²) in [6.07, 6.45) is 0. The lowest BCUT2D eigenvalue weighted by Gasteiger charge is -1.93. The molecule has 0 aliphatic heterocycles. The number of aryl methyl sites for hydroxylation is 1. The van der Waals surface area contributed by atoms with Crippen molar-refractivity contribution in [3.63, 3.8) is 0 Å². The van der Waals surface area contributed by atoms with E-state index in [0.29, 0.717) is 0 Å². The maximum atomic E-state index is 2.23. The summed E-state index contributed by atoms with van der Waals surface area (Å²) in [5.74, 6) is 0. The SMILES string of the molecule is Cc1cccc([SH+]c2ccccc2)c1. The molecule has 2 aromatic carbocycles. The number of thiol groups is 1. The first-order valence-electron chi connectivity index (χ1n) is 4.68. The molecule has 0 aliphatic rings. The molecule has 1 heteroatoms. The Labute approximate surface area is 89.0 Å². The van der Waals surface area contributed by atoms with E-state index in [9.17, 15) is 0 Å². The van der Waals surface area contributed by atoms with Crippen LogP contribution < -0.4 is 0 Å². The minimum Gasteiger partial charge on any atom is -0.0619 e. The maximum absolute atomic E-state index is 2.23. The highest BCUT2D eigenvalue weighted by Gasteiger charge is 2.04. The number of hydrogen-bond donors (Lipinski definition) is 0. The minimum absolute atomic E-state index is 1.29. The van der Waals surface area contributed by atoms with Gasteiger partial charge < -0.3 is 0 Å². The maximum Gasteiger partial charge on any atom is 0.158 e. The molecule has 0 nitrogen and oxygen atoms in total. The van der Waals surface area contributed by atoms with Crippen LogP contribution in [0.15, 0.2) is 64.4 Å². The summed E-state index contributed by atoms with van der Waals surface area (Å²) in [5, 5.41) is 0. The molecule has 0 aliphatic carbocycles. The van der Waals surface area contributed by atoms with Gasteiger partial charge in [0.15, 0.2) is 9.79 Å². The predicted octanol–water partition coefficient (Wildman–Crippen LogP) is 3.23. The van der Waals surface area contributed by atoms with Gasteiger partial charge in [-0.1, -0.05) is 30.3 Å². The van der Waals surface area contributed by atoms with Gasteiger partial charge in [-0.15, -0.1) is 0 Å². The molecule has 0 unspecified atom stereocenters. The Hall–Kier alpha value is -1.21. The lowest BCUT2D eigenvalue weighted by atomic mass is 10.2. The Bertz CT molecular complexity index is 407. The smallest absolute Gasteiger partial charge is 0.0619 e. The fraction of sp³-hybridized carbons (Fsp3) is 0.0769. The molecule has 0 saturated heterocycles. The first kappa shape index (κ1) is 9.35. The zero-order chi connectivity index (χ0) is 9.80. The molecule has 0 N–H and O–H groups in total. The van der Waals surface area contributed by atoms with E-state index in [0.717, 1.165) is 0 Å². The van der Waals surface area contributed by atoms with Gasteiger partial charge >= 0.3 is 0 Å². The van der Waals surface area contributed by atoms with Crippen LogP contribution in [0.3, 0.4) is 0 Å². The fourth-order valence-electron chi connectivity index (χ4n) is 1.35. The van der Waals surface area contributed by atoms with Gasteiger partial charge in [0.1, 0.15) is 0 Å². The Kier molecular flexibility index (Phi) is 2.90. The van der Waals surface area contributed by atoms with E-state index in [1.54, 1.807) is 0 Å². The third kappa shape index (κ3) is 2.39. The monoisotopic (exact) mass is 201 g/mol. The van der Waals surface area contributed by atoms with E-state index in [2.05, 4.69) is 61.5 Å². The molecule has 0 atom stereocenters. The van der Waals surface area contributed by atoms with Crippen LogP contribution in [0, 0.1) is 6.92 Å². The standard InChI is InChI=1S/C13H12S/c1-11-6-5-9-13(10-11)14-12-7-3-2-4-8-12/h2-10H,1H3/p+1. The molecule has 70 valence electrons. The van der Waals surface area contributed by atoms with Crippen LogP contribution >= 0.6 is 0 Å². The summed E-state index contributed by atoms with van der Waals surface area (Å²) in [4.78, 5) is 2.70. The summed E-state index contributed by atoms with van der Waals surface area (Å²) in [7, 11) is 0. The van der Waals surface area contributed by atoms with Gasteiger partial charge in [-0.05, 0) is 36.8 Å². The molecule has 0 amide bonds. The molecule has 0 bridgehead atoms. The largest absolute Gasteiger partial charge is 0.158 e.